The van der Waals surface area contributed by atoms with Crippen LogP contribution < -0.4 is 5.32 Å². The van der Waals surface area contributed by atoms with E-state index in [0.717, 1.165) is 0 Å². The van der Waals surface area contributed by atoms with Gasteiger partial charge in [-0.05, 0) is 41.1 Å². The van der Waals surface area contributed by atoms with Gasteiger partial charge in [0.1, 0.15) is 5.60 Å². The Morgan fingerprint density at radius 1 is 1.68 bits per heavy atom. The van der Waals surface area contributed by atoms with Gasteiger partial charge in [0.05, 0.1) is 11.1 Å². The molecule has 1 aliphatic heterocycles. The number of nitrogens with one attached hydrogen (secondary N) is 1. The molecule has 2 rings (SSSR count). The van der Waals surface area contributed by atoms with Crippen LogP contribution in [0.4, 0.5) is 0 Å². The van der Waals surface area contributed by atoms with Gasteiger partial charge in [0.2, 0.25) is 0 Å². The van der Waals surface area contributed by atoms with Crippen molar-refractivity contribution in [3.63, 3.8) is 0 Å². The maximum absolute atomic E-state index is 12.0. The summed E-state index contributed by atoms with van der Waals surface area (Å²) in [6.07, 6.45) is 0.253. The maximum atomic E-state index is 12.0. The molecule has 1 saturated heterocycles. The Morgan fingerprint density at radius 3 is 3.00 bits per heavy atom. The number of amides is 1. The van der Waals surface area contributed by atoms with Gasteiger partial charge in [0.25, 0.3) is 5.91 Å². The Labute approximate surface area is 125 Å². The standard InChI is InChI=1S/C13H15BrClNO3/c1-8-13(18,4-5-19-8)7-16-12(17)9-2-3-11(15)10(14)6-9/h2-3,6,8,18H,4-5,7H2,1H3,(H,16,17). The summed E-state index contributed by atoms with van der Waals surface area (Å²) in [5.74, 6) is -0.245. The fraction of sp³-hybridized carbons (Fsp3) is 0.462. The van der Waals surface area contributed by atoms with E-state index in [2.05, 4.69) is 21.2 Å². The van der Waals surface area contributed by atoms with Crippen molar-refractivity contribution in [1.29, 1.82) is 0 Å². The summed E-state index contributed by atoms with van der Waals surface area (Å²) in [6, 6.07) is 4.94. The number of hydrogen-bond donors (Lipinski definition) is 2. The van der Waals surface area contributed by atoms with Crippen LogP contribution in [0, 0.1) is 0 Å². The first-order valence-corrected chi connectivity index (χ1v) is 7.17. The third-order valence-electron chi connectivity index (χ3n) is 3.40. The molecular weight excluding hydrogens is 334 g/mol. The van der Waals surface area contributed by atoms with Crippen molar-refractivity contribution in [2.45, 2.75) is 25.0 Å². The van der Waals surface area contributed by atoms with Crippen molar-refractivity contribution in [2.24, 2.45) is 0 Å². The number of benzene rings is 1. The van der Waals surface area contributed by atoms with Gasteiger partial charge < -0.3 is 15.2 Å². The van der Waals surface area contributed by atoms with Crippen molar-refractivity contribution in [1.82, 2.24) is 5.32 Å². The highest BCUT2D eigenvalue weighted by atomic mass is 79.9. The normalized spacial score (nSPS) is 26.4. The van der Waals surface area contributed by atoms with Gasteiger partial charge in [-0.1, -0.05) is 11.6 Å². The maximum Gasteiger partial charge on any atom is 0.251 e. The smallest absolute Gasteiger partial charge is 0.251 e. The van der Waals surface area contributed by atoms with E-state index in [1.807, 2.05) is 0 Å². The summed E-state index contributed by atoms with van der Waals surface area (Å²) in [7, 11) is 0. The van der Waals surface area contributed by atoms with E-state index in [1.165, 1.54) is 0 Å². The van der Waals surface area contributed by atoms with Gasteiger partial charge in [0, 0.05) is 29.6 Å². The van der Waals surface area contributed by atoms with Crippen LogP contribution in [0.15, 0.2) is 22.7 Å². The van der Waals surface area contributed by atoms with Crippen molar-refractivity contribution >= 4 is 33.4 Å². The summed E-state index contributed by atoms with van der Waals surface area (Å²) in [6.45, 7) is 2.49. The van der Waals surface area contributed by atoms with Crippen molar-refractivity contribution < 1.29 is 14.6 Å². The van der Waals surface area contributed by atoms with Crippen LogP contribution in [0.2, 0.25) is 5.02 Å². The molecule has 0 aliphatic carbocycles. The zero-order chi connectivity index (χ0) is 14.0. The van der Waals surface area contributed by atoms with Crippen LogP contribution in [0.25, 0.3) is 0 Å². The molecule has 4 nitrogen and oxygen atoms in total. The van der Waals surface area contributed by atoms with Crippen LogP contribution in [-0.4, -0.2) is 35.9 Å². The molecule has 0 saturated carbocycles. The van der Waals surface area contributed by atoms with E-state index in [-0.39, 0.29) is 18.6 Å². The van der Waals surface area contributed by atoms with Gasteiger partial charge in [-0.2, -0.15) is 0 Å². The fourth-order valence-corrected chi connectivity index (χ4v) is 2.47. The number of carbonyl (C=O) groups excluding carboxylic acids is 1. The molecule has 1 amide bonds. The highest BCUT2D eigenvalue weighted by molar-refractivity contribution is 9.10. The Morgan fingerprint density at radius 2 is 2.42 bits per heavy atom. The lowest BCUT2D eigenvalue weighted by molar-refractivity contribution is -0.0251. The predicted octanol–water partition coefficient (Wildman–Crippen LogP) is 2.37. The Hall–Kier alpha value is -0.620. The zero-order valence-electron chi connectivity index (χ0n) is 10.5. The molecule has 2 unspecified atom stereocenters. The van der Waals surface area contributed by atoms with E-state index >= 15 is 0 Å². The second kappa shape index (κ2) is 5.79. The number of hydrogen-bond acceptors (Lipinski definition) is 3. The fourth-order valence-electron chi connectivity index (χ4n) is 1.98. The Balaban J connectivity index is 1.99. The number of ether oxygens (including phenoxy) is 1. The van der Waals surface area contributed by atoms with Gasteiger partial charge in [0.15, 0.2) is 0 Å². The molecule has 0 radical (unpaired) electrons. The molecule has 1 aromatic rings. The minimum absolute atomic E-state index is 0.174. The summed E-state index contributed by atoms with van der Waals surface area (Å²) >= 11 is 9.14. The number of aliphatic hydroxyl groups is 1. The van der Waals surface area contributed by atoms with Gasteiger partial charge in [-0.25, -0.2) is 0 Å². The molecule has 104 valence electrons. The van der Waals surface area contributed by atoms with Crippen molar-refractivity contribution in [3.05, 3.63) is 33.3 Å². The van der Waals surface area contributed by atoms with E-state index in [0.29, 0.717) is 28.1 Å². The molecule has 2 atom stereocenters. The second-order valence-electron chi connectivity index (χ2n) is 4.68. The van der Waals surface area contributed by atoms with E-state index in [1.54, 1.807) is 25.1 Å². The van der Waals surface area contributed by atoms with E-state index in [4.69, 9.17) is 16.3 Å². The predicted molar refractivity (Wildman–Crippen MR) is 76.5 cm³/mol. The number of rotatable bonds is 3. The molecule has 0 aromatic heterocycles. The van der Waals surface area contributed by atoms with Gasteiger partial charge in [-0.15, -0.1) is 0 Å². The zero-order valence-corrected chi connectivity index (χ0v) is 12.8. The lowest BCUT2D eigenvalue weighted by Crippen LogP contribution is -2.47. The first kappa shape index (κ1) is 14.8. The minimum Gasteiger partial charge on any atom is -0.385 e. The molecule has 0 spiro atoms. The molecule has 19 heavy (non-hydrogen) atoms. The van der Waals surface area contributed by atoms with Crippen LogP contribution >= 0.6 is 27.5 Å². The summed E-state index contributed by atoms with van der Waals surface area (Å²) < 4.78 is 5.98. The van der Waals surface area contributed by atoms with Crippen molar-refractivity contribution in [2.75, 3.05) is 13.2 Å². The SMILES string of the molecule is CC1OCCC1(O)CNC(=O)c1ccc(Cl)c(Br)c1. The molecule has 2 N–H and O–H groups in total. The van der Waals surface area contributed by atoms with Crippen LogP contribution in [-0.2, 0) is 4.74 Å². The monoisotopic (exact) mass is 347 g/mol. The van der Waals surface area contributed by atoms with Gasteiger partial charge in [-0.3, -0.25) is 4.79 Å². The number of carbonyl (C=O) groups is 1. The van der Waals surface area contributed by atoms with E-state index in [9.17, 15) is 9.90 Å². The third-order valence-corrected chi connectivity index (χ3v) is 4.61. The van der Waals surface area contributed by atoms with Crippen LogP contribution in [0.5, 0.6) is 0 Å². The van der Waals surface area contributed by atoms with E-state index < -0.39 is 5.60 Å². The van der Waals surface area contributed by atoms with Gasteiger partial charge >= 0.3 is 0 Å². The lowest BCUT2D eigenvalue weighted by atomic mass is 9.96. The highest BCUT2D eigenvalue weighted by Crippen LogP contribution is 2.25. The third kappa shape index (κ3) is 3.28. The minimum atomic E-state index is -0.987. The molecule has 1 heterocycles. The van der Waals surface area contributed by atoms with Crippen LogP contribution in [0.1, 0.15) is 23.7 Å². The van der Waals surface area contributed by atoms with Crippen molar-refractivity contribution in [3.8, 4) is 0 Å². The Kier molecular flexibility index (Phi) is 4.50. The quantitative estimate of drug-likeness (QED) is 0.882. The lowest BCUT2D eigenvalue weighted by Gasteiger charge is -2.26. The first-order chi connectivity index (χ1) is 8.92. The average Bonchev–Trinajstić information content (AvgIpc) is 2.71. The Bertz CT molecular complexity index is 497. The van der Waals surface area contributed by atoms with Crippen LogP contribution in [0.3, 0.4) is 0 Å². The summed E-state index contributed by atoms with van der Waals surface area (Å²) in [5, 5.41) is 13.6. The molecule has 6 heteroatoms. The molecule has 1 aliphatic rings. The topological polar surface area (TPSA) is 58.6 Å². The molecular formula is C13H15BrClNO3. The molecule has 0 bridgehead atoms. The summed E-state index contributed by atoms with van der Waals surface area (Å²) in [4.78, 5) is 12.0. The second-order valence-corrected chi connectivity index (χ2v) is 5.94. The largest absolute Gasteiger partial charge is 0.385 e. The highest BCUT2D eigenvalue weighted by Gasteiger charge is 2.39. The summed E-state index contributed by atoms with van der Waals surface area (Å²) in [5.41, 5.74) is -0.495. The molecule has 1 fully saturated rings. The molecule has 1 aromatic carbocycles. The first-order valence-electron chi connectivity index (χ1n) is 5.99. The number of halogens is 2. The average molecular weight is 349 g/mol.